The van der Waals surface area contributed by atoms with E-state index in [1.54, 1.807) is 25.4 Å². The van der Waals surface area contributed by atoms with Gasteiger partial charge in [-0.05, 0) is 35.0 Å². The predicted octanol–water partition coefficient (Wildman–Crippen LogP) is 1.61. The quantitative estimate of drug-likeness (QED) is 0.906. The second-order valence-electron chi connectivity index (χ2n) is 3.09. The Hall–Kier alpha value is -0.940. The Morgan fingerprint density at radius 3 is 3.07 bits per heavy atom. The minimum absolute atomic E-state index is 0.00330. The van der Waals surface area contributed by atoms with Crippen LogP contribution in [0.5, 0.6) is 0 Å². The third kappa shape index (κ3) is 3.60. The normalized spacial score (nSPS) is 12.2. The van der Waals surface area contributed by atoms with E-state index in [1.807, 2.05) is 6.92 Å². The first-order valence-electron chi connectivity index (χ1n) is 4.56. The van der Waals surface area contributed by atoms with Crippen LogP contribution in [0, 0.1) is 0 Å². The van der Waals surface area contributed by atoms with Crippen molar-refractivity contribution in [1.29, 1.82) is 0 Å². The summed E-state index contributed by atoms with van der Waals surface area (Å²) in [5.41, 5.74) is 0.390. The summed E-state index contributed by atoms with van der Waals surface area (Å²) in [6.07, 6.45) is 1.58. The lowest BCUT2D eigenvalue weighted by Crippen LogP contribution is -2.32. The number of aromatic nitrogens is 1. The zero-order valence-corrected chi connectivity index (χ0v) is 10.2. The molecular weight excluding hydrogens is 260 g/mol. The summed E-state index contributed by atoms with van der Waals surface area (Å²) < 4.78 is 5.71. The summed E-state index contributed by atoms with van der Waals surface area (Å²) in [4.78, 5) is 15.6. The number of halogens is 1. The fraction of sp³-hybridized carbons (Fsp3) is 0.400. The van der Waals surface area contributed by atoms with Crippen LogP contribution in [-0.4, -0.2) is 30.6 Å². The summed E-state index contributed by atoms with van der Waals surface area (Å²) in [5.74, 6) is -0.202. The van der Waals surface area contributed by atoms with E-state index in [0.717, 1.165) is 0 Å². The topological polar surface area (TPSA) is 51.2 Å². The molecule has 1 rings (SSSR count). The van der Waals surface area contributed by atoms with Gasteiger partial charge < -0.3 is 10.1 Å². The van der Waals surface area contributed by atoms with Crippen LogP contribution in [0.15, 0.2) is 22.8 Å². The Morgan fingerprint density at radius 2 is 2.47 bits per heavy atom. The Labute approximate surface area is 97.2 Å². The smallest absolute Gasteiger partial charge is 0.271 e. The first kappa shape index (κ1) is 12.1. The lowest BCUT2D eigenvalue weighted by Gasteiger charge is -2.10. The number of ether oxygens (including phenoxy) is 1. The van der Waals surface area contributed by atoms with Gasteiger partial charge in [0, 0.05) is 24.3 Å². The minimum Gasteiger partial charge on any atom is -0.380 e. The van der Waals surface area contributed by atoms with E-state index >= 15 is 0 Å². The highest BCUT2D eigenvalue weighted by Gasteiger charge is 2.11. The molecule has 1 amide bonds. The molecule has 0 radical (unpaired) electrons. The van der Waals surface area contributed by atoms with Crippen molar-refractivity contribution in [2.24, 2.45) is 0 Å². The maximum Gasteiger partial charge on any atom is 0.271 e. The minimum atomic E-state index is -0.202. The molecule has 15 heavy (non-hydrogen) atoms. The Balaban J connectivity index is 2.58. The molecule has 1 atom stereocenters. The summed E-state index contributed by atoms with van der Waals surface area (Å²) in [6, 6.07) is 3.54. The molecule has 5 heteroatoms. The lowest BCUT2D eigenvalue weighted by molar-refractivity contribution is 0.0865. The van der Waals surface area contributed by atoms with Crippen LogP contribution < -0.4 is 5.32 Å². The van der Waals surface area contributed by atoms with Crippen molar-refractivity contribution in [1.82, 2.24) is 10.3 Å². The highest BCUT2D eigenvalue weighted by molar-refractivity contribution is 9.10. The van der Waals surface area contributed by atoms with Gasteiger partial charge in [-0.2, -0.15) is 0 Å². The van der Waals surface area contributed by atoms with Gasteiger partial charge in [0.05, 0.1) is 6.10 Å². The molecule has 0 saturated heterocycles. The van der Waals surface area contributed by atoms with Gasteiger partial charge in [0.25, 0.3) is 5.91 Å². The number of methoxy groups -OCH3 is 1. The zero-order valence-electron chi connectivity index (χ0n) is 8.66. The summed E-state index contributed by atoms with van der Waals surface area (Å²) in [6.45, 7) is 2.35. The molecule has 0 aliphatic carbocycles. The molecule has 82 valence electrons. The van der Waals surface area contributed by atoms with E-state index in [-0.39, 0.29) is 12.0 Å². The largest absolute Gasteiger partial charge is 0.380 e. The van der Waals surface area contributed by atoms with Gasteiger partial charge in [-0.1, -0.05) is 0 Å². The van der Waals surface area contributed by atoms with Gasteiger partial charge in [-0.25, -0.2) is 4.98 Å². The average molecular weight is 273 g/mol. The van der Waals surface area contributed by atoms with E-state index in [2.05, 4.69) is 26.2 Å². The predicted molar refractivity (Wildman–Crippen MR) is 60.7 cm³/mol. The van der Waals surface area contributed by atoms with Crippen molar-refractivity contribution >= 4 is 21.8 Å². The van der Waals surface area contributed by atoms with Crippen molar-refractivity contribution in [2.45, 2.75) is 13.0 Å². The highest BCUT2D eigenvalue weighted by atomic mass is 79.9. The molecule has 1 aromatic rings. The van der Waals surface area contributed by atoms with Gasteiger partial charge >= 0.3 is 0 Å². The van der Waals surface area contributed by atoms with Crippen molar-refractivity contribution in [2.75, 3.05) is 13.7 Å². The molecule has 1 aromatic heterocycles. The summed E-state index contributed by atoms with van der Waals surface area (Å²) in [7, 11) is 1.60. The van der Waals surface area contributed by atoms with Crippen LogP contribution >= 0.6 is 15.9 Å². The number of hydrogen-bond donors (Lipinski definition) is 1. The average Bonchev–Trinajstić information content (AvgIpc) is 2.26. The third-order valence-corrected chi connectivity index (χ3v) is 2.57. The molecular formula is C10H13BrN2O2. The van der Waals surface area contributed by atoms with E-state index in [1.165, 1.54) is 0 Å². The number of rotatable bonds is 4. The maximum absolute atomic E-state index is 11.6. The molecule has 0 fully saturated rings. The number of pyridine rings is 1. The number of carbonyl (C=O) groups excluding carboxylic acids is 1. The van der Waals surface area contributed by atoms with Crippen LogP contribution in [-0.2, 0) is 4.74 Å². The SMILES string of the molecule is COC(C)CNC(=O)c1ncccc1Br. The Kier molecular flexibility index (Phi) is 4.71. The van der Waals surface area contributed by atoms with E-state index in [4.69, 9.17) is 4.74 Å². The summed E-state index contributed by atoms with van der Waals surface area (Å²) in [5, 5.41) is 2.73. The summed E-state index contributed by atoms with van der Waals surface area (Å²) >= 11 is 3.27. The molecule has 0 aliphatic heterocycles. The van der Waals surface area contributed by atoms with Crippen LogP contribution in [0.4, 0.5) is 0 Å². The van der Waals surface area contributed by atoms with Crippen molar-refractivity contribution < 1.29 is 9.53 Å². The second-order valence-corrected chi connectivity index (χ2v) is 3.94. The van der Waals surface area contributed by atoms with Crippen LogP contribution in [0.2, 0.25) is 0 Å². The van der Waals surface area contributed by atoms with E-state index in [0.29, 0.717) is 16.7 Å². The van der Waals surface area contributed by atoms with Gasteiger partial charge in [0.2, 0.25) is 0 Å². The molecule has 0 bridgehead atoms. The number of nitrogens with one attached hydrogen (secondary N) is 1. The van der Waals surface area contributed by atoms with Gasteiger partial charge in [-0.15, -0.1) is 0 Å². The molecule has 0 aromatic carbocycles. The lowest BCUT2D eigenvalue weighted by atomic mass is 10.3. The van der Waals surface area contributed by atoms with Gasteiger partial charge in [0.15, 0.2) is 0 Å². The Morgan fingerprint density at radius 1 is 1.73 bits per heavy atom. The standard InChI is InChI=1S/C10H13BrN2O2/c1-7(15-2)6-13-10(14)9-8(11)4-3-5-12-9/h3-5,7H,6H2,1-2H3,(H,13,14). The molecule has 1 N–H and O–H groups in total. The highest BCUT2D eigenvalue weighted by Crippen LogP contribution is 2.12. The number of nitrogens with zero attached hydrogens (tertiary/aromatic N) is 1. The monoisotopic (exact) mass is 272 g/mol. The van der Waals surface area contributed by atoms with E-state index in [9.17, 15) is 4.79 Å². The van der Waals surface area contributed by atoms with Crippen LogP contribution in [0.25, 0.3) is 0 Å². The second kappa shape index (κ2) is 5.82. The molecule has 1 heterocycles. The first-order valence-corrected chi connectivity index (χ1v) is 5.36. The molecule has 1 unspecified atom stereocenters. The maximum atomic E-state index is 11.6. The molecule has 4 nitrogen and oxygen atoms in total. The fourth-order valence-electron chi connectivity index (χ4n) is 0.956. The number of carbonyl (C=O) groups is 1. The van der Waals surface area contributed by atoms with E-state index < -0.39 is 0 Å². The zero-order chi connectivity index (χ0) is 11.3. The Bertz CT molecular complexity index is 344. The van der Waals surface area contributed by atoms with Crippen molar-refractivity contribution in [3.05, 3.63) is 28.5 Å². The van der Waals surface area contributed by atoms with Gasteiger partial charge in [-0.3, -0.25) is 4.79 Å². The van der Waals surface area contributed by atoms with Crippen molar-refractivity contribution in [3.63, 3.8) is 0 Å². The fourth-order valence-corrected chi connectivity index (χ4v) is 1.39. The number of hydrogen-bond acceptors (Lipinski definition) is 3. The molecule has 0 aliphatic rings. The van der Waals surface area contributed by atoms with Crippen LogP contribution in [0.1, 0.15) is 17.4 Å². The molecule has 0 spiro atoms. The molecule has 0 saturated carbocycles. The van der Waals surface area contributed by atoms with Gasteiger partial charge in [0.1, 0.15) is 5.69 Å². The number of amides is 1. The van der Waals surface area contributed by atoms with Crippen LogP contribution in [0.3, 0.4) is 0 Å². The third-order valence-electron chi connectivity index (χ3n) is 1.93. The first-order chi connectivity index (χ1) is 7.15. The van der Waals surface area contributed by atoms with Crippen molar-refractivity contribution in [3.8, 4) is 0 Å².